The van der Waals surface area contributed by atoms with Gasteiger partial charge in [0, 0.05) is 12.3 Å². The van der Waals surface area contributed by atoms with Gasteiger partial charge in [-0.25, -0.2) is 0 Å². The van der Waals surface area contributed by atoms with Crippen LogP contribution in [0.5, 0.6) is 0 Å². The Bertz CT molecular complexity index is 785. The Morgan fingerprint density at radius 3 is 2.36 bits per heavy atom. The van der Waals surface area contributed by atoms with Crippen molar-refractivity contribution in [2.24, 2.45) is 34.5 Å². The number of aliphatic hydroxyl groups is 3. The lowest BCUT2D eigenvalue weighted by atomic mass is 9.53. The second kappa shape index (κ2) is 8.72. The topological polar surface area (TPSA) is 87.0 Å². The number of rotatable bonds is 2. The van der Waals surface area contributed by atoms with Crippen molar-refractivity contribution in [3.05, 3.63) is 11.6 Å². The normalized spacial score (nSPS) is 48.6. The molecule has 1 aliphatic heterocycles. The number of hydrogen-bond acceptors (Lipinski definition) is 5. The second-order valence-corrected chi connectivity index (χ2v) is 13.1. The molecule has 188 valence electrons. The highest BCUT2D eigenvalue weighted by molar-refractivity contribution is 5.85. The zero-order chi connectivity index (χ0) is 24.3. The Balaban J connectivity index is 1.66. The summed E-state index contributed by atoms with van der Waals surface area (Å²) in [4.78, 5) is 12.9. The first-order valence-corrected chi connectivity index (χ1v) is 13.2. The van der Waals surface area contributed by atoms with Crippen molar-refractivity contribution in [2.45, 2.75) is 123 Å². The van der Waals surface area contributed by atoms with Crippen LogP contribution in [0.3, 0.4) is 0 Å². The number of aliphatic hydroxyl groups excluding tert-OH is 3. The van der Waals surface area contributed by atoms with Gasteiger partial charge in [0.2, 0.25) is 0 Å². The van der Waals surface area contributed by atoms with Crippen LogP contribution in [0, 0.1) is 34.5 Å². The SMILES string of the molecule is C[C@@H]1C(=O)C[C@@H]2[C@H](O)CCC(C)(C)[C@H]2/C1=C/C[C@@H]1[C@@H](O)CC[C@@H]2OC(C)(C)[C@@H](O)CC[C@]21C. The lowest BCUT2D eigenvalue weighted by Crippen LogP contribution is -2.52. The van der Waals surface area contributed by atoms with E-state index >= 15 is 0 Å². The van der Waals surface area contributed by atoms with Gasteiger partial charge in [-0.15, -0.1) is 0 Å². The maximum atomic E-state index is 12.9. The zero-order valence-corrected chi connectivity index (χ0v) is 21.5. The van der Waals surface area contributed by atoms with Crippen LogP contribution in [0.4, 0.5) is 0 Å². The smallest absolute Gasteiger partial charge is 0.140 e. The monoisotopic (exact) mass is 462 g/mol. The number of fused-ring (bicyclic) bond motifs is 2. The van der Waals surface area contributed by atoms with Gasteiger partial charge in [0.15, 0.2) is 0 Å². The molecule has 0 aromatic rings. The van der Waals surface area contributed by atoms with E-state index in [4.69, 9.17) is 4.74 Å². The number of carbonyl (C=O) groups excluding carboxylic acids is 1. The average Bonchev–Trinajstić information content (AvgIpc) is 2.82. The Labute approximate surface area is 200 Å². The third-order valence-electron chi connectivity index (χ3n) is 10.2. The molecule has 33 heavy (non-hydrogen) atoms. The van der Waals surface area contributed by atoms with Crippen molar-refractivity contribution in [1.29, 1.82) is 0 Å². The van der Waals surface area contributed by atoms with Gasteiger partial charge in [0.05, 0.1) is 30.0 Å². The van der Waals surface area contributed by atoms with E-state index in [1.54, 1.807) is 0 Å². The van der Waals surface area contributed by atoms with E-state index < -0.39 is 23.9 Å². The van der Waals surface area contributed by atoms with E-state index in [0.717, 1.165) is 25.7 Å². The van der Waals surface area contributed by atoms with Gasteiger partial charge < -0.3 is 20.1 Å². The van der Waals surface area contributed by atoms with Crippen molar-refractivity contribution >= 4 is 5.78 Å². The molecule has 0 radical (unpaired) electrons. The Morgan fingerprint density at radius 2 is 1.67 bits per heavy atom. The molecule has 3 N–H and O–H groups in total. The minimum atomic E-state index is -0.590. The predicted octanol–water partition coefficient (Wildman–Crippen LogP) is 4.42. The van der Waals surface area contributed by atoms with Crippen molar-refractivity contribution in [1.82, 2.24) is 0 Å². The van der Waals surface area contributed by atoms with Crippen LogP contribution in [0.25, 0.3) is 0 Å². The first-order valence-electron chi connectivity index (χ1n) is 13.2. The van der Waals surface area contributed by atoms with E-state index in [-0.39, 0.29) is 46.4 Å². The summed E-state index contributed by atoms with van der Waals surface area (Å²) in [6, 6.07) is 0. The first kappa shape index (κ1) is 25.3. The molecule has 0 unspecified atom stereocenters. The molecule has 5 nitrogen and oxygen atoms in total. The zero-order valence-electron chi connectivity index (χ0n) is 21.5. The molecule has 4 rings (SSSR count). The number of ketones is 1. The van der Waals surface area contributed by atoms with Crippen LogP contribution >= 0.6 is 0 Å². The first-order chi connectivity index (χ1) is 15.3. The van der Waals surface area contributed by atoms with Crippen molar-refractivity contribution in [2.75, 3.05) is 0 Å². The van der Waals surface area contributed by atoms with Crippen molar-refractivity contribution in [3.8, 4) is 0 Å². The maximum absolute atomic E-state index is 12.9. The van der Waals surface area contributed by atoms with E-state index in [1.165, 1.54) is 5.57 Å². The summed E-state index contributed by atoms with van der Waals surface area (Å²) in [5.74, 6) is 0.315. The molecule has 9 atom stereocenters. The van der Waals surface area contributed by atoms with Crippen LogP contribution in [0.15, 0.2) is 11.6 Å². The van der Waals surface area contributed by atoms with Gasteiger partial charge in [0.25, 0.3) is 0 Å². The summed E-state index contributed by atoms with van der Waals surface area (Å²) in [6.07, 6.45) is 6.80. The summed E-state index contributed by atoms with van der Waals surface area (Å²) in [6.45, 7) is 12.8. The number of carbonyl (C=O) groups is 1. The molecular weight excluding hydrogens is 416 g/mol. The minimum absolute atomic E-state index is 0.000440. The second-order valence-electron chi connectivity index (χ2n) is 13.1. The fourth-order valence-corrected chi connectivity index (χ4v) is 7.81. The van der Waals surface area contributed by atoms with Crippen LogP contribution in [-0.4, -0.2) is 51.1 Å². The van der Waals surface area contributed by atoms with Gasteiger partial charge in [-0.2, -0.15) is 0 Å². The highest BCUT2D eigenvalue weighted by atomic mass is 16.5. The van der Waals surface area contributed by atoms with Gasteiger partial charge in [-0.05, 0) is 87.4 Å². The Kier molecular flexibility index (Phi) is 6.70. The fraction of sp³-hybridized carbons (Fsp3) is 0.893. The van der Waals surface area contributed by atoms with Gasteiger partial charge in [-0.3, -0.25) is 4.79 Å². The molecule has 4 fully saturated rings. The summed E-state index contributed by atoms with van der Waals surface area (Å²) in [5.41, 5.74) is 0.398. The predicted molar refractivity (Wildman–Crippen MR) is 129 cm³/mol. The summed E-state index contributed by atoms with van der Waals surface area (Å²) in [7, 11) is 0. The van der Waals surface area contributed by atoms with Crippen molar-refractivity contribution < 1.29 is 24.9 Å². The Morgan fingerprint density at radius 1 is 0.970 bits per heavy atom. The number of allylic oxidation sites excluding steroid dienone is 2. The molecule has 1 heterocycles. The summed E-state index contributed by atoms with van der Waals surface area (Å²) in [5, 5.41) is 32.6. The molecule has 5 heteroatoms. The van der Waals surface area contributed by atoms with E-state index in [0.29, 0.717) is 25.7 Å². The fourth-order valence-electron chi connectivity index (χ4n) is 7.81. The third kappa shape index (κ3) is 4.37. The van der Waals surface area contributed by atoms with Crippen LogP contribution in [-0.2, 0) is 9.53 Å². The molecule has 0 spiro atoms. The molecule has 3 aliphatic carbocycles. The van der Waals surface area contributed by atoms with Crippen molar-refractivity contribution in [3.63, 3.8) is 0 Å². The number of ether oxygens (including phenoxy) is 1. The third-order valence-corrected chi connectivity index (χ3v) is 10.2. The number of hydrogen-bond donors (Lipinski definition) is 3. The average molecular weight is 463 g/mol. The van der Waals surface area contributed by atoms with E-state index in [2.05, 4.69) is 26.8 Å². The van der Waals surface area contributed by atoms with Gasteiger partial charge in [0.1, 0.15) is 5.78 Å². The minimum Gasteiger partial charge on any atom is -0.393 e. The molecule has 0 aromatic carbocycles. The largest absolute Gasteiger partial charge is 0.393 e. The molecule has 1 saturated heterocycles. The van der Waals surface area contributed by atoms with E-state index in [9.17, 15) is 20.1 Å². The molecule has 0 bridgehead atoms. The van der Waals surface area contributed by atoms with Gasteiger partial charge in [-0.1, -0.05) is 39.3 Å². The summed E-state index contributed by atoms with van der Waals surface area (Å²) >= 11 is 0. The van der Waals surface area contributed by atoms with Crippen LogP contribution in [0.2, 0.25) is 0 Å². The van der Waals surface area contributed by atoms with Crippen LogP contribution < -0.4 is 0 Å². The molecule has 0 aromatic heterocycles. The Hall–Kier alpha value is -0.750. The molecule has 0 amide bonds. The van der Waals surface area contributed by atoms with Gasteiger partial charge >= 0.3 is 0 Å². The standard InChI is InChI=1S/C28H46O5/c1-16-17(25-18(15-22(16)31)20(29)11-13-26(25,2)3)7-8-19-21(30)9-10-24-28(19,6)14-12-23(32)27(4,5)33-24/h7,16,18-21,23-25,29-30,32H,8-15H2,1-6H3/b17-7+/t16-,18+,19+,20+,21-,23-,24-,25-,28-/m0/s1. The molecule has 3 saturated carbocycles. The quantitative estimate of drug-likeness (QED) is 0.529. The lowest BCUT2D eigenvalue weighted by Gasteiger charge is -2.52. The summed E-state index contributed by atoms with van der Waals surface area (Å²) < 4.78 is 6.49. The maximum Gasteiger partial charge on any atom is 0.140 e. The highest BCUT2D eigenvalue weighted by Gasteiger charge is 2.54. The van der Waals surface area contributed by atoms with E-state index in [1.807, 2.05) is 20.8 Å². The molecular formula is C28H46O5. The number of Topliss-reactive ketones (excluding diaryl/α,β-unsaturated/α-hetero) is 1. The lowest BCUT2D eigenvalue weighted by molar-refractivity contribution is -0.184. The highest BCUT2D eigenvalue weighted by Crippen LogP contribution is 2.55. The molecule has 4 aliphatic rings. The van der Waals surface area contributed by atoms with Crippen LogP contribution in [0.1, 0.15) is 92.9 Å².